The second kappa shape index (κ2) is 7.32. The summed E-state index contributed by atoms with van der Waals surface area (Å²) in [6, 6.07) is 3.19. The van der Waals surface area contributed by atoms with Crippen molar-refractivity contribution < 1.29 is 18.8 Å². The van der Waals surface area contributed by atoms with E-state index in [0.29, 0.717) is 16.9 Å². The van der Waals surface area contributed by atoms with Gasteiger partial charge in [-0.15, -0.1) is 0 Å². The Morgan fingerprint density at radius 2 is 1.93 bits per heavy atom. The molecule has 0 bridgehead atoms. The van der Waals surface area contributed by atoms with Crippen molar-refractivity contribution in [3.8, 4) is 0 Å². The Hall–Kier alpha value is -2.39. The maximum absolute atomic E-state index is 13.5. The van der Waals surface area contributed by atoms with Gasteiger partial charge in [0.25, 0.3) is 5.91 Å². The number of likely N-dealkylation sites (N-methyl/N-ethyl adjacent to an activating group) is 1. The van der Waals surface area contributed by atoms with Gasteiger partial charge in [-0.1, -0.05) is 6.07 Å². The standard InChI is InChI=1S/C21H27N3O3/c1-5-24(11-6-7-12-24)21(9-8-10-21)20(26)23-18-15(2)13-16(22-3)14-17(18)19(25)27-4/h13-14H,5-12H2,1-2,4H3/p+1. The Kier molecular flexibility index (Phi) is 5.25. The molecular formula is C21H28N3O3+. The van der Waals surface area contributed by atoms with E-state index in [1.165, 1.54) is 13.2 Å². The summed E-state index contributed by atoms with van der Waals surface area (Å²) in [5.41, 5.74) is 1.38. The van der Waals surface area contributed by atoms with Crippen LogP contribution in [0.2, 0.25) is 0 Å². The number of benzene rings is 1. The number of methoxy groups -OCH3 is 1. The Morgan fingerprint density at radius 1 is 1.26 bits per heavy atom. The van der Waals surface area contributed by atoms with E-state index < -0.39 is 11.5 Å². The van der Waals surface area contributed by atoms with Gasteiger partial charge in [0.15, 0.2) is 11.2 Å². The average molecular weight is 370 g/mol. The van der Waals surface area contributed by atoms with Gasteiger partial charge in [-0.2, -0.15) is 0 Å². The zero-order valence-corrected chi connectivity index (χ0v) is 16.4. The lowest BCUT2D eigenvalue weighted by atomic mass is 9.72. The van der Waals surface area contributed by atoms with E-state index in [4.69, 9.17) is 11.3 Å². The highest BCUT2D eigenvalue weighted by atomic mass is 16.5. The number of hydrogen-bond donors (Lipinski definition) is 1. The topological polar surface area (TPSA) is 59.8 Å². The van der Waals surface area contributed by atoms with Crippen LogP contribution in [0.1, 0.15) is 54.9 Å². The predicted octanol–water partition coefficient (Wildman–Crippen LogP) is 3.82. The van der Waals surface area contributed by atoms with Gasteiger partial charge in [-0.05, 0) is 31.9 Å². The maximum atomic E-state index is 13.5. The van der Waals surface area contributed by atoms with E-state index in [0.717, 1.165) is 56.2 Å². The number of nitrogens with zero attached hydrogens (tertiary/aromatic N) is 2. The molecule has 0 radical (unpaired) electrons. The number of carbonyl (C=O) groups excluding carboxylic acids is 2. The van der Waals surface area contributed by atoms with Crippen LogP contribution in [0.5, 0.6) is 0 Å². The third-order valence-electron chi connectivity index (χ3n) is 6.63. The number of likely N-dealkylation sites (tertiary alicyclic amines) is 1. The summed E-state index contributed by atoms with van der Waals surface area (Å²) in [6.45, 7) is 14.3. The first-order chi connectivity index (χ1) is 12.9. The third-order valence-corrected chi connectivity index (χ3v) is 6.63. The number of quaternary nitrogens is 1. The first kappa shape index (κ1) is 19.4. The van der Waals surface area contributed by atoms with Crippen LogP contribution in [-0.4, -0.2) is 48.6 Å². The number of hydrogen-bond acceptors (Lipinski definition) is 3. The molecule has 1 N–H and O–H groups in total. The monoisotopic (exact) mass is 370 g/mol. The SMILES string of the molecule is [C-]#[N+]c1cc(C)c(NC(=O)C2([N+]3(CC)CCCC3)CCC2)c(C(=O)OC)c1. The van der Waals surface area contributed by atoms with Crippen LogP contribution in [0, 0.1) is 13.5 Å². The number of rotatable bonds is 5. The molecule has 1 aromatic rings. The molecule has 1 amide bonds. The number of esters is 1. The summed E-state index contributed by atoms with van der Waals surface area (Å²) in [6.07, 6.45) is 5.16. The van der Waals surface area contributed by atoms with Crippen LogP contribution < -0.4 is 5.32 Å². The van der Waals surface area contributed by atoms with E-state index in [2.05, 4.69) is 17.1 Å². The molecule has 27 heavy (non-hydrogen) atoms. The highest BCUT2D eigenvalue weighted by Crippen LogP contribution is 2.46. The summed E-state index contributed by atoms with van der Waals surface area (Å²) in [5.74, 6) is -0.538. The minimum atomic E-state index is -0.540. The quantitative estimate of drug-likeness (QED) is 0.487. The largest absolute Gasteiger partial charge is 0.465 e. The molecule has 1 aromatic carbocycles. The summed E-state index contributed by atoms with van der Waals surface area (Å²) < 4.78 is 5.74. The molecule has 1 heterocycles. The highest BCUT2D eigenvalue weighted by Gasteiger charge is 2.60. The van der Waals surface area contributed by atoms with Crippen molar-refractivity contribution in [3.63, 3.8) is 0 Å². The fourth-order valence-electron chi connectivity index (χ4n) is 4.92. The summed E-state index contributed by atoms with van der Waals surface area (Å²) in [5, 5.41) is 3.07. The first-order valence-corrected chi connectivity index (χ1v) is 9.71. The van der Waals surface area contributed by atoms with Gasteiger partial charge in [0.2, 0.25) is 0 Å². The lowest BCUT2D eigenvalue weighted by Crippen LogP contribution is -2.71. The number of aryl methyl sites for hydroxylation is 1. The van der Waals surface area contributed by atoms with Crippen molar-refractivity contribution in [1.82, 2.24) is 0 Å². The molecule has 1 saturated heterocycles. The van der Waals surface area contributed by atoms with Crippen LogP contribution in [0.15, 0.2) is 12.1 Å². The predicted molar refractivity (Wildman–Crippen MR) is 104 cm³/mol. The molecule has 1 aliphatic carbocycles. The molecule has 144 valence electrons. The van der Waals surface area contributed by atoms with Gasteiger partial charge in [0, 0.05) is 25.7 Å². The Balaban J connectivity index is 1.98. The smallest absolute Gasteiger partial charge is 0.338 e. The molecule has 2 aliphatic rings. The summed E-state index contributed by atoms with van der Waals surface area (Å²) in [4.78, 5) is 29.2. The molecule has 0 atom stereocenters. The lowest BCUT2D eigenvalue weighted by Gasteiger charge is -2.54. The molecule has 6 nitrogen and oxygen atoms in total. The van der Waals surface area contributed by atoms with Gasteiger partial charge >= 0.3 is 5.97 Å². The van der Waals surface area contributed by atoms with Crippen molar-refractivity contribution in [2.24, 2.45) is 0 Å². The van der Waals surface area contributed by atoms with Crippen molar-refractivity contribution in [2.75, 3.05) is 32.1 Å². The van der Waals surface area contributed by atoms with Gasteiger partial charge in [0.1, 0.15) is 0 Å². The van der Waals surface area contributed by atoms with Crippen LogP contribution in [-0.2, 0) is 9.53 Å². The van der Waals surface area contributed by atoms with Gasteiger partial charge in [-0.3, -0.25) is 4.79 Å². The van der Waals surface area contributed by atoms with Crippen LogP contribution in [0.25, 0.3) is 4.85 Å². The fourth-order valence-corrected chi connectivity index (χ4v) is 4.92. The molecule has 0 spiro atoms. The lowest BCUT2D eigenvalue weighted by molar-refractivity contribution is -0.960. The van der Waals surface area contributed by atoms with Gasteiger partial charge in [0.05, 0.1) is 44.6 Å². The second-order valence-electron chi connectivity index (χ2n) is 7.74. The van der Waals surface area contributed by atoms with E-state index >= 15 is 0 Å². The Bertz CT molecular complexity index is 800. The van der Waals surface area contributed by atoms with E-state index in [1.807, 2.05) is 6.92 Å². The first-order valence-electron chi connectivity index (χ1n) is 9.71. The van der Waals surface area contributed by atoms with E-state index in [9.17, 15) is 9.59 Å². The molecular weight excluding hydrogens is 342 g/mol. The third kappa shape index (κ3) is 3.00. The van der Waals surface area contributed by atoms with Crippen molar-refractivity contribution in [1.29, 1.82) is 0 Å². The van der Waals surface area contributed by atoms with Gasteiger partial charge < -0.3 is 14.5 Å². The normalized spacial score (nSPS) is 19.6. The van der Waals surface area contributed by atoms with Crippen molar-refractivity contribution in [3.05, 3.63) is 34.7 Å². The molecule has 1 saturated carbocycles. The number of carbonyl (C=O) groups is 2. The Labute approximate surface area is 160 Å². The summed E-state index contributed by atoms with van der Waals surface area (Å²) in [7, 11) is 1.31. The number of ether oxygens (including phenoxy) is 1. The second-order valence-corrected chi connectivity index (χ2v) is 7.74. The Morgan fingerprint density at radius 3 is 2.41 bits per heavy atom. The van der Waals surface area contributed by atoms with Gasteiger partial charge in [-0.25, -0.2) is 9.64 Å². The van der Waals surface area contributed by atoms with Crippen molar-refractivity contribution >= 4 is 23.3 Å². The highest BCUT2D eigenvalue weighted by molar-refractivity contribution is 6.05. The molecule has 2 fully saturated rings. The van der Waals surface area contributed by atoms with E-state index in [-0.39, 0.29) is 11.5 Å². The number of anilines is 1. The molecule has 0 unspecified atom stereocenters. The molecule has 0 aromatic heterocycles. The number of nitrogens with one attached hydrogen (secondary N) is 1. The van der Waals surface area contributed by atoms with Crippen LogP contribution >= 0.6 is 0 Å². The van der Waals surface area contributed by atoms with Crippen molar-refractivity contribution in [2.45, 2.75) is 51.5 Å². The maximum Gasteiger partial charge on any atom is 0.338 e. The fraction of sp³-hybridized carbons (Fsp3) is 0.571. The minimum absolute atomic E-state index is 0.00122. The number of amides is 1. The van der Waals surface area contributed by atoms with Crippen LogP contribution in [0.3, 0.4) is 0 Å². The summed E-state index contributed by atoms with van der Waals surface area (Å²) >= 11 is 0. The molecule has 6 heteroatoms. The molecule has 1 aliphatic heterocycles. The van der Waals surface area contributed by atoms with E-state index in [1.54, 1.807) is 6.07 Å². The zero-order chi connectivity index (χ0) is 19.7. The zero-order valence-electron chi connectivity index (χ0n) is 16.4. The van der Waals surface area contributed by atoms with Crippen LogP contribution in [0.4, 0.5) is 11.4 Å². The molecule has 3 rings (SSSR count). The average Bonchev–Trinajstić information content (AvgIpc) is 3.11. The minimum Gasteiger partial charge on any atom is -0.465 e.